The van der Waals surface area contributed by atoms with Gasteiger partial charge in [0.25, 0.3) is 0 Å². The summed E-state index contributed by atoms with van der Waals surface area (Å²) in [5, 5.41) is 45.1. The topological polar surface area (TPSA) is 110 Å². The summed E-state index contributed by atoms with van der Waals surface area (Å²) in [7, 11) is 0. The third kappa shape index (κ3) is 1.13. The van der Waals surface area contributed by atoms with Gasteiger partial charge in [-0.25, -0.2) is 0 Å². The van der Waals surface area contributed by atoms with Crippen molar-refractivity contribution in [2.24, 2.45) is 0 Å². The van der Waals surface area contributed by atoms with Crippen molar-refractivity contribution in [2.45, 2.75) is 30.7 Å². The lowest BCUT2D eigenvalue weighted by Crippen LogP contribution is -2.55. The van der Waals surface area contributed by atoms with Crippen molar-refractivity contribution >= 4 is 0 Å². The minimum Gasteiger partial charge on any atom is -0.394 e. The first-order valence-corrected chi connectivity index (χ1v) is 3.47. The summed E-state index contributed by atoms with van der Waals surface area (Å²) in [6, 6.07) is 0. The van der Waals surface area contributed by atoms with E-state index >= 15 is 0 Å². The van der Waals surface area contributed by atoms with Gasteiger partial charge in [-0.05, 0) is 6.92 Å². The SMILES string of the molecule is CC1(O)OC(CO)C(O)C1(O)O. The van der Waals surface area contributed by atoms with Crippen LogP contribution < -0.4 is 0 Å². The molecule has 72 valence electrons. The second-order valence-electron chi connectivity index (χ2n) is 2.99. The summed E-state index contributed by atoms with van der Waals surface area (Å²) in [6.07, 6.45) is -2.91. The molecule has 12 heavy (non-hydrogen) atoms. The summed E-state index contributed by atoms with van der Waals surface area (Å²) in [5.41, 5.74) is 0. The molecular formula is C6H12O6. The molecule has 3 atom stereocenters. The summed E-state index contributed by atoms with van der Waals surface area (Å²) in [4.78, 5) is 0. The van der Waals surface area contributed by atoms with Gasteiger partial charge < -0.3 is 30.3 Å². The van der Waals surface area contributed by atoms with E-state index in [1.807, 2.05) is 0 Å². The molecule has 0 radical (unpaired) electrons. The molecule has 0 spiro atoms. The van der Waals surface area contributed by atoms with Crippen LogP contribution in [0.2, 0.25) is 0 Å². The van der Waals surface area contributed by atoms with E-state index in [1.54, 1.807) is 0 Å². The van der Waals surface area contributed by atoms with Crippen LogP contribution in [0.25, 0.3) is 0 Å². The van der Waals surface area contributed by atoms with Crippen LogP contribution in [0.15, 0.2) is 0 Å². The molecule has 0 bridgehead atoms. The van der Waals surface area contributed by atoms with Gasteiger partial charge in [0.2, 0.25) is 11.6 Å². The number of ether oxygens (including phenoxy) is 1. The molecule has 5 N–H and O–H groups in total. The van der Waals surface area contributed by atoms with Crippen LogP contribution in [0.3, 0.4) is 0 Å². The maximum Gasteiger partial charge on any atom is 0.247 e. The van der Waals surface area contributed by atoms with E-state index < -0.39 is 30.4 Å². The maximum absolute atomic E-state index is 9.20. The van der Waals surface area contributed by atoms with E-state index in [2.05, 4.69) is 4.74 Å². The Bertz CT molecular complexity index is 177. The van der Waals surface area contributed by atoms with Gasteiger partial charge in [0.15, 0.2) is 0 Å². The lowest BCUT2D eigenvalue weighted by molar-refractivity contribution is -0.336. The largest absolute Gasteiger partial charge is 0.394 e. The van der Waals surface area contributed by atoms with Crippen LogP contribution in [0, 0.1) is 0 Å². The molecule has 0 aromatic rings. The Morgan fingerprint density at radius 1 is 1.33 bits per heavy atom. The molecule has 1 saturated heterocycles. The van der Waals surface area contributed by atoms with E-state index in [4.69, 9.17) is 20.4 Å². The summed E-state index contributed by atoms with van der Waals surface area (Å²) >= 11 is 0. The van der Waals surface area contributed by atoms with Crippen molar-refractivity contribution in [3.8, 4) is 0 Å². The third-order valence-corrected chi connectivity index (χ3v) is 2.01. The highest BCUT2D eigenvalue weighted by molar-refractivity contribution is 4.98. The van der Waals surface area contributed by atoms with Crippen LogP contribution in [0.4, 0.5) is 0 Å². The lowest BCUT2D eigenvalue weighted by Gasteiger charge is -2.28. The Morgan fingerprint density at radius 3 is 2.00 bits per heavy atom. The normalized spacial score (nSPS) is 46.5. The molecule has 0 amide bonds. The Balaban J connectivity index is 2.88. The predicted molar refractivity (Wildman–Crippen MR) is 35.8 cm³/mol. The van der Waals surface area contributed by atoms with Crippen molar-refractivity contribution < 1.29 is 30.3 Å². The highest BCUT2D eigenvalue weighted by Gasteiger charge is 2.61. The first-order valence-electron chi connectivity index (χ1n) is 3.47. The molecule has 6 heteroatoms. The zero-order valence-electron chi connectivity index (χ0n) is 6.51. The Labute approximate surface area is 68.6 Å². The van der Waals surface area contributed by atoms with E-state index in [0.717, 1.165) is 6.92 Å². The van der Waals surface area contributed by atoms with Gasteiger partial charge in [-0.3, -0.25) is 0 Å². The van der Waals surface area contributed by atoms with Crippen LogP contribution in [0.5, 0.6) is 0 Å². The van der Waals surface area contributed by atoms with Crippen LogP contribution in [0.1, 0.15) is 6.92 Å². The molecular weight excluding hydrogens is 168 g/mol. The molecule has 1 aliphatic rings. The quantitative estimate of drug-likeness (QED) is 0.277. The van der Waals surface area contributed by atoms with Crippen molar-refractivity contribution in [1.82, 2.24) is 0 Å². The average molecular weight is 180 g/mol. The highest BCUT2D eigenvalue weighted by atomic mass is 16.7. The minimum absolute atomic E-state index is 0.597. The summed E-state index contributed by atoms with van der Waals surface area (Å²) in [6.45, 7) is 0.395. The van der Waals surface area contributed by atoms with Gasteiger partial charge in [-0.2, -0.15) is 0 Å². The van der Waals surface area contributed by atoms with Crippen molar-refractivity contribution in [3.05, 3.63) is 0 Å². The highest BCUT2D eigenvalue weighted by Crippen LogP contribution is 2.35. The van der Waals surface area contributed by atoms with Gasteiger partial charge in [-0.1, -0.05) is 0 Å². The fraction of sp³-hybridized carbons (Fsp3) is 1.00. The third-order valence-electron chi connectivity index (χ3n) is 2.01. The molecule has 1 aliphatic heterocycles. The van der Waals surface area contributed by atoms with Gasteiger partial charge in [0.05, 0.1) is 6.61 Å². The number of hydrogen-bond donors (Lipinski definition) is 5. The lowest BCUT2D eigenvalue weighted by atomic mass is 10.0. The second kappa shape index (κ2) is 2.63. The van der Waals surface area contributed by atoms with Gasteiger partial charge >= 0.3 is 0 Å². The Morgan fingerprint density at radius 2 is 1.83 bits per heavy atom. The van der Waals surface area contributed by atoms with E-state index in [9.17, 15) is 5.11 Å². The van der Waals surface area contributed by atoms with Gasteiger partial charge in [0.1, 0.15) is 12.2 Å². The van der Waals surface area contributed by atoms with Gasteiger partial charge in [-0.15, -0.1) is 0 Å². The first kappa shape index (κ1) is 9.85. The van der Waals surface area contributed by atoms with Crippen molar-refractivity contribution in [2.75, 3.05) is 6.61 Å². The average Bonchev–Trinajstić information content (AvgIpc) is 2.11. The minimum atomic E-state index is -2.75. The molecule has 3 unspecified atom stereocenters. The van der Waals surface area contributed by atoms with Crippen molar-refractivity contribution in [3.63, 3.8) is 0 Å². The van der Waals surface area contributed by atoms with E-state index in [-0.39, 0.29) is 0 Å². The molecule has 6 nitrogen and oxygen atoms in total. The Kier molecular flexibility index (Phi) is 2.15. The van der Waals surface area contributed by atoms with Crippen LogP contribution in [-0.2, 0) is 4.74 Å². The van der Waals surface area contributed by atoms with E-state index in [1.165, 1.54) is 0 Å². The zero-order valence-corrected chi connectivity index (χ0v) is 6.51. The molecule has 1 rings (SSSR count). The maximum atomic E-state index is 9.20. The summed E-state index contributed by atoms with van der Waals surface area (Å²) < 4.78 is 4.58. The standard InChI is InChI=1S/C6H12O6/c1-5(9)6(10,11)4(8)3(2-7)12-5/h3-4,7-11H,2H2,1H3. The molecule has 0 aromatic heterocycles. The van der Waals surface area contributed by atoms with Gasteiger partial charge in [0, 0.05) is 0 Å². The predicted octanol–water partition coefficient (Wildman–Crippen LogP) is -2.87. The molecule has 0 aromatic carbocycles. The number of rotatable bonds is 1. The number of aliphatic hydroxyl groups excluding tert-OH is 2. The summed E-state index contributed by atoms with van der Waals surface area (Å²) in [5.74, 6) is -5.01. The Hall–Kier alpha value is -0.240. The molecule has 1 heterocycles. The van der Waals surface area contributed by atoms with E-state index in [0.29, 0.717) is 0 Å². The fourth-order valence-electron chi connectivity index (χ4n) is 1.12. The van der Waals surface area contributed by atoms with Crippen LogP contribution >= 0.6 is 0 Å². The van der Waals surface area contributed by atoms with Crippen molar-refractivity contribution in [1.29, 1.82) is 0 Å². The first-order chi connectivity index (χ1) is 5.33. The van der Waals surface area contributed by atoms with Crippen LogP contribution in [-0.4, -0.2) is 55.9 Å². The molecule has 0 saturated carbocycles. The zero-order chi connectivity index (χ0) is 9.57. The smallest absolute Gasteiger partial charge is 0.247 e. The fourth-order valence-corrected chi connectivity index (χ4v) is 1.12. The number of aliphatic hydroxyl groups is 5. The molecule has 1 fully saturated rings. The monoisotopic (exact) mass is 180 g/mol. The second-order valence-corrected chi connectivity index (χ2v) is 2.99. The number of hydrogen-bond acceptors (Lipinski definition) is 6. The molecule has 0 aliphatic carbocycles.